The average molecular weight is 286 g/mol. The van der Waals surface area contributed by atoms with Crippen molar-refractivity contribution >= 4 is 12.1 Å². The second-order valence-corrected chi connectivity index (χ2v) is 6.50. The molecule has 8 N–H and O–H groups in total. The molecule has 0 spiro atoms. The van der Waals surface area contributed by atoms with Crippen LogP contribution >= 0.6 is 0 Å². The van der Waals surface area contributed by atoms with Crippen LogP contribution in [0.5, 0.6) is 0 Å². The van der Waals surface area contributed by atoms with Crippen molar-refractivity contribution in [2.75, 3.05) is 0 Å². The van der Waals surface area contributed by atoms with Crippen molar-refractivity contribution in [2.45, 2.75) is 52.1 Å². The molecule has 0 radical (unpaired) electrons. The summed E-state index contributed by atoms with van der Waals surface area (Å²) in [6.45, 7) is 6.19. The lowest BCUT2D eigenvalue weighted by Gasteiger charge is -2.47. The number of nitrogens with zero attached hydrogens (tertiary/aromatic N) is 2. The van der Waals surface area contributed by atoms with Gasteiger partial charge in [-0.2, -0.15) is 0 Å². The van der Waals surface area contributed by atoms with Crippen LogP contribution in [0, 0.1) is 11.3 Å². The van der Waals surface area contributed by atoms with Crippen molar-refractivity contribution in [3.8, 4) is 0 Å². The number of hydrogen-bond acceptors (Lipinski definition) is 4. The van der Waals surface area contributed by atoms with Crippen LogP contribution in [0.1, 0.15) is 40.0 Å². The molecule has 20 heavy (non-hydrogen) atoms. The first-order valence-electron chi connectivity index (χ1n) is 6.72. The zero-order valence-corrected chi connectivity index (χ0v) is 12.4. The lowest BCUT2D eigenvalue weighted by molar-refractivity contribution is 0.0286. The Balaban J connectivity index is 2.93. The molecule has 1 fully saturated rings. The molecule has 8 heteroatoms. The first-order chi connectivity index (χ1) is 9.05. The van der Waals surface area contributed by atoms with Crippen LogP contribution in [-0.4, -0.2) is 34.2 Å². The lowest BCUT2D eigenvalue weighted by atomic mass is 9.68. The molecule has 0 aromatic heterocycles. The highest BCUT2D eigenvalue weighted by atomic mass is 16.2. The van der Waals surface area contributed by atoms with Crippen molar-refractivity contribution in [3.05, 3.63) is 0 Å². The molecule has 0 saturated heterocycles. The van der Waals surface area contributed by atoms with E-state index in [9.17, 15) is 9.59 Å². The fourth-order valence-electron chi connectivity index (χ4n) is 2.99. The van der Waals surface area contributed by atoms with E-state index in [1.807, 2.05) is 0 Å². The Labute approximate surface area is 119 Å². The van der Waals surface area contributed by atoms with Gasteiger partial charge in [-0.1, -0.05) is 20.8 Å². The minimum absolute atomic E-state index is 0.0733. The smallest absolute Gasteiger partial charge is 0.329 e. The number of urea groups is 2. The van der Waals surface area contributed by atoms with Gasteiger partial charge in [0.2, 0.25) is 0 Å². The molecule has 8 nitrogen and oxygen atoms in total. The third kappa shape index (κ3) is 3.51. The zero-order valence-electron chi connectivity index (χ0n) is 12.4. The first kappa shape index (κ1) is 16.5. The standard InChI is InChI=1S/C12H26N6O2/c1-12(2,3)8-6-7(17(15)10(13)19)4-5-9(8)18(16)11(14)20/h7-9H,4-6,15-16H2,1-3H3,(H2,13,19)(H2,14,20). The summed E-state index contributed by atoms with van der Waals surface area (Å²) < 4.78 is 0. The summed E-state index contributed by atoms with van der Waals surface area (Å²) >= 11 is 0. The largest absolute Gasteiger partial charge is 0.350 e. The molecule has 1 aliphatic carbocycles. The maximum atomic E-state index is 11.3. The average Bonchev–Trinajstić information content (AvgIpc) is 2.34. The number of hydrazine groups is 2. The number of carbonyl (C=O) groups excluding carboxylic acids is 2. The van der Waals surface area contributed by atoms with Crippen LogP contribution in [0.3, 0.4) is 0 Å². The van der Waals surface area contributed by atoms with E-state index in [1.165, 1.54) is 0 Å². The lowest BCUT2D eigenvalue weighted by Crippen LogP contribution is -2.59. The molecule has 0 aromatic carbocycles. The van der Waals surface area contributed by atoms with Crippen LogP contribution < -0.4 is 23.2 Å². The van der Waals surface area contributed by atoms with Gasteiger partial charge in [-0.25, -0.2) is 21.3 Å². The van der Waals surface area contributed by atoms with Gasteiger partial charge in [-0.15, -0.1) is 0 Å². The van der Waals surface area contributed by atoms with Gasteiger partial charge < -0.3 is 11.5 Å². The van der Waals surface area contributed by atoms with Gasteiger partial charge in [0, 0.05) is 0 Å². The fourth-order valence-corrected chi connectivity index (χ4v) is 2.99. The van der Waals surface area contributed by atoms with E-state index in [1.54, 1.807) is 0 Å². The summed E-state index contributed by atoms with van der Waals surface area (Å²) in [5.74, 6) is 11.6. The van der Waals surface area contributed by atoms with Crippen LogP contribution in [0.15, 0.2) is 0 Å². The molecule has 1 aliphatic rings. The summed E-state index contributed by atoms with van der Waals surface area (Å²) in [7, 11) is 0. The van der Waals surface area contributed by atoms with Gasteiger partial charge in [0.15, 0.2) is 0 Å². The SMILES string of the molecule is CC(C)(C)C1CC(N(N)C(N)=O)CCC1N(N)C(N)=O. The van der Waals surface area contributed by atoms with Gasteiger partial charge in [0.1, 0.15) is 0 Å². The van der Waals surface area contributed by atoms with Crippen LogP contribution in [0.4, 0.5) is 9.59 Å². The monoisotopic (exact) mass is 286 g/mol. The van der Waals surface area contributed by atoms with E-state index >= 15 is 0 Å². The van der Waals surface area contributed by atoms with Crippen molar-refractivity contribution in [2.24, 2.45) is 34.5 Å². The third-order valence-electron chi connectivity index (χ3n) is 4.16. The Morgan fingerprint density at radius 2 is 1.50 bits per heavy atom. The van der Waals surface area contributed by atoms with Crippen LogP contribution in [0.25, 0.3) is 0 Å². The Morgan fingerprint density at radius 3 is 1.90 bits per heavy atom. The zero-order chi connectivity index (χ0) is 15.7. The Morgan fingerprint density at radius 1 is 1.00 bits per heavy atom. The highest BCUT2D eigenvalue weighted by Gasteiger charge is 2.42. The van der Waals surface area contributed by atoms with E-state index in [-0.39, 0.29) is 23.4 Å². The molecular formula is C12H26N6O2. The predicted octanol–water partition coefficient (Wildman–Crippen LogP) is 0.0786. The molecule has 4 amide bonds. The van der Waals surface area contributed by atoms with Crippen molar-refractivity contribution in [3.63, 3.8) is 0 Å². The molecular weight excluding hydrogens is 260 g/mol. The predicted molar refractivity (Wildman–Crippen MR) is 75.6 cm³/mol. The van der Waals surface area contributed by atoms with Gasteiger partial charge >= 0.3 is 12.1 Å². The molecule has 0 aromatic rings. The number of nitrogens with two attached hydrogens (primary N) is 4. The number of hydrogen-bond donors (Lipinski definition) is 4. The summed E-state index contributed by atoms with van der Waals surface area (Å²) in [5.41, 5.74) is 10.4. The highest BCUT2D eigenvalue weighted by Crippen LogP contribution is 2.40. The van der Waals surface area contributed by atoms with Crippen molar-refractivity contribution < 1.29 is 9.59 Å². The van der Waals surface area contributed by atoms with E-state index in [2.05, 4.69) is 20.8 Å². The normalized spacial score (nSPS) is 26.9. The number of primary amides is 2. The number of carbonyl (C=O) groups is 2. The quantitative estimate of drug-likeness (QED) is 0.323. The van der Waals surface area contributed by atoms with Crippen LogP contribution in [-0.2, 0) is 0 Å². The maximum absolute atomic E-state index is 11.3. The van der Waals surface area contributed by atoms with Gasteiger partial charge in [-0.3, -0.25) is 10.0 Å². The molecule has 116 valence electrons. The number of amides is 4. The topological polar surface area (TPSA) is 145 Å². The molecule has 0 bridgehead atoms. The number of rotatable bonds is 2. The van der Waals surface area contributed by atoms with E-state index in [0.29, 0.717) is 19.3 Å². The van der Waals surface area contributed by atoms with Crippen molar-refractivity contribution in [1.82, 2.24) is 10.0 Å². The van der Waals surface area contributed by atoms with E-state index in [0.717, 1.165) is 10.0 Å². The van der Waals surface area contributed by atoms with Gasteiger partial charge in [0.05, 0.1) is 12.1 Å². The van der Waals surface area contributed by atoms with E-state index in [4.69, 9.17) is 23.2 Å². The Kier molecular flexibility index (Phi) is 4.82. The Hall–Kier alpha value is -1.54. The molecule has 3 atom stereocenters. The molecule has 0 aliphatic heterocycles. The minimum atomic E-state index is -0.652. The molecule has 0 heterocycles. The van der Waals surface area contributed by atoms with E-state index < -0.39 is 12.1 Å². The third-order valence-corrected chi connectivity index (χ3v) is 4.16. The van der Waals surface area contributed by atoms with Crippen molar-refractivity contribution in [1.29, 1.82) is 0 Å². The second-order valence-electron chi connectivity index (χ2n) is 6.50. The van der Waals surface area contributed by atoms with Gasteiger partial charge in [0.25, 0.3) is 0 Å². The summed E-state index contributed by atoms with van der Waals surface area (Å²) in [6.07, 6.45) is 1.90. The summed E-state index contributed by atoms with van der Waals surface area (Å²) in [4.78, 5) is 22.5. The summed E-state index contributed by atoms with van der Waals surface area (Å²) in [6, 6.07) is -1.61. The summed E-state index contributed by atoms with van der Waals surface area (Å²) in [5, 5.41) is 2.16. The second kappa shape index (κ2) is 5.84. The molecule has 3 unspecified atom stereocenters. The minimum Gasteiger partial charge on any atom is -0.350 e. The molecule has 1 saturated carbocycles. The Bertz CT molecular complexity index is 381. The maximum Gasteiger partial charge on any atom is 0.329 e. The highest BCUT2D eigenvalue weighted by molar-refractivity contribution is 5.72. The van der Waals surface area contributed by atoms with Gasteiger partial charge in [-0.05, 0) is 30.6 Å². The molecule has 1 rings (SSSR count). The first-order valence-corrected chi connectivity index (χ1v) is 6.72. The fraction of sp³-hybridized carbons (Fsp3) is 0.833. The van der Waals surface area contributed by atoms with Crippen LogP contribution in [0.2, 0.25) is 0 Å².